The zero-order valence-corrected chi connectivity index (χ0v) is 22.7. The molecule has 2 aromatic carbocycles. The molecule has 1 aliphatic heterocycles. The zero-order valence-electron chi connectivity index (χ0n) is 21.9. The van der Waals surface area contributed by atoms with Crippen LogP contribution in [0.3, 0.4) is 0 Å². The highest BCUT2D eigenvalue weighted by molar-refractivity contribution is 7.90. The van der Waals surface area contributed by atoms with Crippen molar-refractivity contribution in [3.05, 3.63) is 59.7 Å². The smallest absolute Gasteiger partial charge is 0.269 e. The highest BCUT2D eigenvalue weighted by atomic mass is 32.2. The van der Waals surface area contributed by atoms with Crippen molar-refractivity contribution in [1.29, 1.82) is 0 Å². The van der Waals surface area contributed by atoms with Crippen molar-refractivity contribution >= 4 is 27.7 Å². The minimum absolute atomic E-state index is 0.000984. The van der Waals surface area contributed by atoms with Crippen molar-refractivity contribution in [2.45, 2.75) is 75.4 Å². The number of carbonyl (C=O) groups is 3. The Bertz CT molecular complexity index is 1270. The summed E-state index contributed by atoms with van der Waals surface area (Å²) in [6.45, 7) is 1.99. The molecule has 1 atom stereocenters. The van der Waals surface area contributed by atoms with Gasteiger partial charge in [0.2, 0.25) is 11.8 Å². The molecule has 2 aliphatic rings. The van der Waals surface area contributed by atoms with Crippen LogP contribution in [0.25, 0.3) is 0 Å². The number of nitrogens with zero attached hydrogens (tertiary/aromatic N) is 2. The van der Waals surface area contributed by atoms with E-state index in [1.165, 1.54) is 12.1 Å². The quantitative estimate of drug-likeness (QED) is 0.466. The summed E-state index contributed by atoms with van der Waals surface area (Å²) < 4.78 is 31.8. The van der Waals surface area contributed by atoms with Crippen molar-refractivity contribution in [1.82, 2.24) is 14.5 Å². The van der Waals surface area contributed by atoms with Gasteiger partial charge in [0.05, 0.1) is 12.7 Å². The minimum atomic E-state index is -3.93. The van der Waals surface area contributed by atoms with E-state index in [0.29, 0.717) is 12.2 Å². The predicted molar refractivity (Wildman–Crippen MR) is 142 cm³/mol. The highest BCUT2D eigenvalue weighted by Gasteiger charge is 2.40. The molecular formula is C28H35N3O6S. The Labute approximate surface area is 224 Å². The average Bonchev–Trinajstić information content (AvgIpc) is 3.49. The number of rotatable bonds is 11. The lowest BCUT2D eigenvalue weighted by Gasteiger charge is -2.32. The van der Waals surface area contributed by atoms with Crippen LogP contribution in [0.5, 0.6) is 5.75 Å². The molecule has 1 fully saturated rings. The molecular weight excluding hydrogens is 506 g/mol. The molecule has 0 aromatic heterocycles. The maximum Gasteiger partial charge on any atom is 0.269 e. The standard InChI is InChI=1S/C28H35N3O6S/c1-3-24(27(33)29-21-9-4-5-10-21)30(19-20-14-16-22(37-2)17-15-20)26(32)13-8-18-31-28(34)23-11-6-7-12-25(23)38(31,35)36/h6-7,11-12,14-17,21,24H,3-5,8-10,13,18-19H2,1-2H3,(H,29,33)/t24-/m0/s1. The Morgan fingerprint density at radius 2 is 1.79 bits per heavy atom. The number of amides is 3. The van der Waals surface area contributed by atoms with Gasteiger partial charge in [-0.2, -0.15) is 0 Å². The molecule has 0 saturated heterocycles. The number of nitrogens with one attached hydrogen (secondary N) is 1. The van der Waals surface area contributed by atoms with E-state index in [0.717, 1.165) is 35.6 Å². The van der Waals surface area contributed by atoms with Gasteiger partial charge in [0.25, 0.3) is 15.9 Å². The van der Waals surface area contributed by atoms with E-state index in [1.54, 1.807) is 36.3 Å². The largest absolute Gasteiger partial charge is 0.497 e. The first-order valence-corrected chi connectivity index (χ1v) is 14.6. The third-order valence-corrected chi connectivity index (χ3v) is 9.10. The molecule has 204 valence electrons. The topological polar surface area (TPSA) is 113 Å². The Kier molecular flexibility index (Phi) is 8.71. The average molecular weight is 542 g/mol. The first-order valence-electron chi connectivity index (χ1n) is 13.1. The molecule has 2 aromatic rings. The number of benzene rings is 2. The molecule has 0 spiro atoms. The molecule has 1 saturated carbocycles. The predicted octanol–water partition coefficient (Wildman–Crippen LogP) is 3.49. The van der Waals surface area contributed by atoms with Crippen LogP contribution in [0, 0.1) is 0 Å². The fourth-order valence-corrected chi connectivity index (χ4v) is 6.79. The molecule has 1 aliphatic carbocycles. The number of hydrogen-bond donors (Lipinski definition) is 1. The second kappa shape index (κ2) is 12.0. The second-order valence-corrected chi connectivity index (χ2v) is 11.6. The normalized spacial score (nSPS) is 17.2. The van der Waals surface area contributed by atoms with E-state index in [4.69, 9.17) is 4.74 Å². The first-order chi connectivity index (χ1) is 18.3. The van der Waals surface area contributed by atoms with Gasteiger partial charge < -0.3 is 15.0 Å². The Hall–Kier alpha value is -3.40. The maximum absolute atomic E-state index is 13.5. The molecule has 9 nitrogen and oxygen atoms in total. The number of ether oxygens (including phenoxy) is 1. The summed E-state index contributed by atoms with van der Waals surface area (Å²) >= 11 is 0. The number of sulfonamides is 1. The van der Waals surface area contributed by atoms with Crippen LogP contribution in [-0.2, 0) is 26.2 Å². The van der Waals surface area contributed by atoms with Gasteiger partial charge in [-0.25, -0.2) is 12.7 Å². The summed E-state index contributed by atoms with van der Waals surface area (Å²) in [6.07, 6.45) is 4.63. The molecule has 38 heavy (non-hydrogen) atoms. The summed E-state index contributed by atoms with van der Waals surface area (Å²) in [4.78, 5) is 41.0. The zero-order chi connectivity index (χ0) is 27.3. The lowest BCUT2D eigenvalue weighted by molar-refractivity contribution is -0.141. The van der Waals surface area contributed by atoms with Crippen molar-refractivity contribution in [3.8, 4) is 5.75 Å². The summed E-state index contributed by atoms with van der Waals surface area (Å²) in [5.41, 5.74) is 0.994. The fourth-order valence-electron chi connectivity index (χ4n) is 5.18. The van der Waals surface area contributed by atoms with Gasteiger partial charge in [-0.1, -0.05) is 44.0 Å². The highest BCUT2D eigenvalue weighted by Crippen LogP contribution is 2.30. The van der Waals surface area contributed by atoms with Crippen LogP contribution in [0.1, 0.15) is 67.8 Å². The van der Waals surface area contributed by atoms with Gasteiger partial charge in [-0.3, -0.25) is 14.4 Å². The van der Waals surface area contributed by atoms with Gasteiger partial charge in [0, 0.05) is 25.6 Å². The number of carbonyl (C=O) groups excluding carboxylic acids is 3. The van der Waals surface area contributed by atoms with Crippen LogP contribution in [0.4, 0.5) is 0 Å². The van der Waals surface area contributed by atoms with Crippen LogP contribution in [0.2, 0.25) is 0 Å². The molecule has 4 rings (SSSR count). The third-order valence-electron chi connectivity index (χ3n) is 7.26. The van der Waals surface area contributed by atoms with Crippen molar-refractivity contribution < 1.29 is 27.5 Å². The summed E-state index contributed by atoms with van der Waals surface area (Å²) in [5.74, 6) is -0.328. The van der Waals surface area contributed by atoms with Crippen molar-refractivity contribution in [3.63, 3.8) is 0 Å². The number of hydrogen-bond acceptors (Lipinski definition) is 6. The molecule has 0 unspecified atom stereocenters. The monoisotopic (exact) mass is 541 g/mol. The molecule has 0 radical (unpaired) electrons. The van der Waals surface area contributed by atoms with Gasteiger partial charge in [-0.15, -0.1) is 0 Å². The van der Waals surface area contributed by atoms with Gasteiger partial charge >= 0.3 is 0 Å². The van der Waals surface area contributed by atoms with Crippen LogP contribution in [-0.4, -0.2) is 61.1 Å². The van der Waals surface area contributed by atoms with Gasteiger partial charge in [0.15, 0.2) is 0 Å². The lowest BCUT2D eigenvalue weighted by atomic mass is 10.1. The van der Waals surface area contributed by atoms with E-state index >= 15 is 0 Å². The summed E-state index contributed by atoms with van der Waals surface area (Å²) in [6, 6.07) is 12.9. The minimum Gasteiger partial charge on any atom is -0.497 e. The Morgan fingerprint density at radius 3 is 2.42 bits per heavy atom. The van der Waals surface area contributed by atoms with E-state index in [1.807, 2.05) is 19.1 Å². The Morgan fingerprint density at radius 1 is 1.11 bits per heavy atom. The van der Waals surface area contributed by atoms with Gasteiger partial charge in [-0.05, 0) is 55.5 Å². The van der Waals surface area contributed by atoms with Crippen LogP contribution >= 0.6 is 0 Å². The number of fused-ring (bicyclic) bond motifs is 1. The lowest BCUT2D eigenvalue weighted by Crippen LogP contribution is -2.51. The van der Waals surface area contributed by atoms with E-state index < -0.39 is 22.0 Å². The summed E-state index contributed by atoms with van der Waals surface area (Å²) in [5, 5.41) is 3.11. The van der Waals surface area contributed by atoms with Crippen molar-refractivity contribution in [2.75, 3.05) is 13.7 Å². The first kappa shape index (κ1) is 27.6. The second-order valence-electron chi connectivity index (χ2n) is 9.77. The van der Waals surface area contributed by atoms with Crippen molar-refractivity contribution in [2.24, 2.45) is 0 Å². The molecule has 3 amide bonds. The SMILES string of the molecule is CC[C@@H](C(=O)NC1CCCC1)N(Cc1ccc(OC)cc1)C(=O)CCCN1C(=O)c2ccccc2S1(=O)=O. The Balaban J connectivity index is 1.47. The fraction of sp³-hybridized carbons (Fsp3) is 0.464. The molecule has 1 N–H and O–H groups in total. The third kappa shape index (κ3) is 5.85. The summed E-state index contributed by atoms with van der Waals surface area (Å²) in [7, 11) is -2.36. The maximum atomic E-state index is 13.5. The molecule has 10 heteroatoms. The molecule has 1 heterocycles. The van der Waals surface area contributed by atoms with Gasteiger partial charge in [0.1, 0.15) is 16.7 Å². The number of methoxy groups -OCH3 is 1. The van der Waals surface area contributed by atoms with E-state index in [9.17, 15) is 22.8 Å². The van der Waals surface area contributed by atoms with Crippen LogP contribution < -0.4 is 10.1 Å². The van der Waals surface area contributed by atoms with E-state index in [2.05, 4.69) is 5.32 Å². The van der Waals surface area contributed by atoms with Crippen LogP contribution in [0.15, 0.2) is 53.4 Å². The van der Waals surface area contributed by atoms with E-state index in [-0.39, 0.29) is 54.2 Å². The molecule has 0 bridgehead atoms.